The number of aromatic nitrogens is 1. The molecule has 5 heteroatoms. The van der Waals surface area contributed by atoms with Crippen LogP contribution in [0.15, 0.2) is 12.1 Å². The Balaban J connectivity index is 2.20. The van der Waals surface area contributed by atoms with Crippen molar-refractivity contribution in [1.29, 1.82) is 0 Å². The molecule has 1 N–H and O–H groups in total. The smallest absolute Gasteiger partial charge is 0.328 e. The molecule has 0 spiro atoms. The minimum Gasteiger partial charge on any atom is -0.481 e. The zero-order valence-corrected chi connectivity index (χ0v) is 8.61. The molecule has 0 fully saturated rings. The number of anilines is 1. The Labute approximate surface area is 87.4 Å². The van der Waals surface area contributed by atoms with Crippen LogP contribution < -0.4 is 10.1 Å². The molecule has 15 heavy (non-hydrogen) atoms. The maximum Gasteiger partial charge on any atom is 0.328 e. The van der Waals surface area contributed by atoms with Crippen LogP contribution in [0.25, 0.3) is 0 Å². The molecule has 0 saturated carbocycles. The van der Waals surface area contributed by atoms with Gasteiger partial charge in [-0.05, 0) is 11.6 Å². The standard InChI is InChI=1S/C10H12N2O3/c1-14-8-4-3-6-5-7(10(13)15-2)11-9(6)12-8/h3-4,7H,5H2,1-2H3,(H,11,12). The number of fused-ring (bicyclic) bond motifs is 1. The number of nitrogens with one attached hydrogen (secondary N) is 1. The van der Waals surface area contributed by atoms with E-state index in [9.17, 15) is 4.79 Å². The van der Waals surface area contributed by atoms with E-state index in [1.807, 2.05) is 6.07 Å². The maximum absolute atomic E-state index is 11.3. The van der Waals surface area contributed by atoms with Gasteiger partial charge in [0, 0.05) is 12.5 Å². The molecule has 2 rings (SSSR count). The summed E-state index contributed by atoms with van der Waals surface area (Å²) in [6.07, 6.45) is 0.610. The highest BCUT2D eigenvalue weighted by Crippen LogP contribution is 2.26. The lowest BCUT2D eigenvalue weighted by Gasteiger charge is -2.07. The SMILES string of the molecule is COC(=O)C1Cc2ccc(OC)nc2N1. The predicted molar refractivity (Wildman–Crippen MR) is 53.9 cm³/mol. The third-order valence-corrected chi connectivity index (χ3v) is 2.38. The molecule has 0 bridgehead atoms. The van der Waals surface area contributed by atoms with Crippen molar-refractivity contribution in [3.8, 4) is 5.88 Å². The van der Waals surface area contributed by atoms with Crippen LogP contribution in [-0.4, -0.2) is 31.2 Å². The molecule has 0 aromatic carbocycles. The average Bonchev–Trinajstić information content (AvgIpc) is 2.70. The van der Waals surface area contributed by atoms with Crippen LogP contribution in [0.2, 0.25) is 0 Å². The normalized spacial score (nSPS) is 17.9. The van der Waals surface area contributed by atoms with E-state index in [0.29, 0.717) is 18.1 Å². The fourth-order valence-electron chi connectivity index (χ4n) is 1.59. The molecule has 1 aliphatic rings. The minimum atomic E-state index is -0.329. The number of carbonyl (C=O) groups excluding carboxylic acids is 1. The number of nitrogens with zero attached hydrogens (tertiary/aromatic N) is 1. The minimum absolute atomic E-state index is 0.271. The molecule has 80 valence electrons. The lowest BCUT2D eigenvalue weighted by atomic mass is 10.1. The third kappa shape index (κ3) is 1.72. The summed E-state index contributed by atoms with van der Waals surface area (Å²) in [5.41, 5.74) is 1.01. The molecule has 0 amide bonds. The zero-order valence-electron chi connectivity index (χ0n) is 8.61. The second kappa shape index (κ2) is 3.76. The van der Waals surface area contributed by atoms with Gasteiger partial charge in [-0.25, -0.2) is 4.79 Å². The molecule has 0 saturated heterocycles. The van der Waals surface area contributed by atoms with E-state index < -0.39 is 0 Å². The van der Waals surface area contributed by atoms with Crippen molar-refractivity contribution in [2.45, 2.75) is 12.5 Å². The van der Waals surface area contributed by atoms with Gasteiger partial charge in [0.25, 0.3) is 0 Å². The molecule has 0 radical (unpaired) electrons. The van der Waals surface area contributed by atoms with Crippen LogP contribution in [0.1, 0.15) is 5.56 Å². The second-order valence-corrected chi connectivity index (χ2v) is 3.29. The van der Waals surface area contributed by atoms with E-state index in [1.54, 1.807) is 13.2 Å². The Kier molecular flexibility index (Phi) is 2.45. The molecule has 1 aromatic rings. The maximum atomic E-state index is 11.3. The van der Waals surface area contributed by atoms with E-state index in [1.165, 1.54) is 7.11 Å². The van der Waals surface area contributed by atoms with E-state index in [4.69, 9.17) is 4.74 Å². The monoisotopic (exact) mass is 208 g/mol. The number of methoxy groups -OCH3 is 2. The summed E-state index contributed by atoms with van der Waals surface area (Å²) in [6, 6.07) is 3.35. The first kappa shape index (κ1) is 9.76. The van der Waals surface area contributed by atoms with Gasteiger partial charge in [-0.1, -0.05) is 0 Å². The molecule has 1 unspecified atom stereocenters. The van der Waals surface area contributed by atoms with Gasteiger partial charge < -0.3 is 14.8 Å². The molecular weight excluding hydrogens is 196 g/mol. The van der Waals surface area contributed by atoms with Gasteiger partial charge in [0.05, 0.1) is 14.2 Å². The molecule has 5 nitrogen and oxygen atoms in total. The highest BCUT2D eigenvalue weighted by Gasteiger charge is 2.28. The summed E-state index contributed by atoms with van der Waals surface area (Å²) in [6.45, 7) is 0. The van der Waals surface area contributed by atoms with Crippen molar-refractivity contribution < 1.29 is 14.3 Å². The summed E-state index contributed by atoms with van der Waals surface area (Å²) in [4.78, 5) is 15.5. The predicted octanol–water partition coefficient (Wildman–Crippen LogP) is 0.600. The van der Waals surface area contributed by atoms with Crippen molar-refractivity contribution in [3.63, 3.8) is 0 Å². The molecule has 1 aliphatic heterocycles. The van der Waals surface area contributed by atoms with E-state index in [0.717, 1.165) is 5.56 Å². The van der Waals surface area contributed by atoms with Crippen LogP contribution in [0, 0.1) is 0 Å². The van der Waals surface area contributed by atoms with Crippen LogP contribution in [0.3, 0.4) is 0 Å². The van der Waals surface area contributed by atoms with Crippen molar-refractivity contribution >= 4 is 11.8 Å². The van der Waals surface area contributed by atoms with Gasteiger partial charge in [0.15, 0.2) is 0 Å². The van der Waals surface area contributed by atoms with Crippen LogP contribution in [0.4, 0.5) is 5.82 Å². The van der Waals surface area contributed by atoms with Crippen molar-refractivity contribution in [2.75, 3.05) is 19.5 Å². The first-order valence-corrected chi connectivity index (χ1v) is 4.63. The van der Waals surface area contributed by atoms with Gasteiger partial charge in [-0.2, -0.15) is 4.98 Å². The quantitative estimate of drug-likeness (QED) is 0.721. The Morgan fingerprint density at radius 2 is 2.33 bits per heavy atom. The largest absolute Gasteiger partial charge is 0.481 e. The fourth-order valence-corrected chi connectivity index (χ4v) is 1.59. The number of pyridine rings is 1. The average molecular weight is 208 g/mol. The zero-order chi connectivity index (χ0) is 10.8. The first-order chi connectivity index (χ1) is 7.24. The molecule has 0 aliphatic carbocycles. The van der Waals surface area contributed by atoms with E-state index in [-0.39, 0.29) is 12.0 Å². The number of ether oxygens (including phenoxy) is 2. The summed E-state index contributed by atoms with van der Waals surface area (Å²) >= 11 is 0. The van der Waals surface area contributed by atoms with Gasteiger partial charge in [0.1, 0.15) is 11.9 Å². The lowest BCUT2D eigenvalue weighted by molar-refractivity contribution is -0.141. The number of carbonyl (C=O) groups is 1. The molecule has 1 aromatic heterocycles. The summed E-state index contributed by atoms with van der Waals surface area (Å²) in [7, 11) is 2.93. The van der Waals surface area contributed by atoms with E-state index >= 15 is 0 Å². The Morgan fingerprint density at radius 3 is 3.00 bits per heavy atom. The molecular formula is C10H12N2O3. The summed E-state index contributed by atoms with van der Waals surface area (Å²) in [5.74, 6) is 0.962. The van der Waals surface area contributed by atoms with Crippen molar-refractivity contribution in [1.82, 2.24) is 4.98 Å². The van der Waals surface area contributed by atoms with Crippen LogP contribution in [-0.2, 0) is 16.0 Å². The van der Waals surface area contributed by atoms with Crippen LogP contribution >= 0.6 is 0 Å². The highest BCUT2D eigenvalue weighted by atomic mass is 16.5. The Hall–Kier alpha value is -1.78. The van der Waals surface area contributed by atoms with Gasteiger partial charge in [-0.15, -0.1) is 0 Å². The fraction of sp³-hybridized carbons (Fsp3) is 0.400. The molecule has 2 heterocycles. The first-order valence-electron chi connectivity index (χ1n) is 4.63. The van der Waals surface area contributed by atoms with Gasteiger partial charge in [-0.3, -0.25) is 0 Å². The topological polar surface area (TPSA) is 60.5 Å². The van der Waals surface area contributed by atoms with Gasteiger partial charge in [0.2, 0.25) is 5.88 Å². The lowest BCUT2D eigenvalue weighted by Crippen LogP contribution is -2.28. The van der Waals surface area contributed by atoms with E-state index in [2.05, 4.69) is 15.0 Å². The number of esters is 1. The van der Waals surface area contributed by atoms with Gasteiger partial charge >= 0.3 is 5.97 Å². The van der Waals surface area contributed by atoms with Crippen molar-refractivity contribution in [3.05, 3.63) is 17.7 Å². The summed E-state index contributed by atoms with van der Waals surface area (Å²) in [5, 5.41) is 2.99. The molecule has 1 atom stereocenters. The third-order valence-electron chi connectivity index (χ3n) is 2.38. The number of hydrogen-bond acceptors (Lipinski definition) is 5. The van der Waals surface area contributed by atoms with Crippen LogP contribution in [0.5, 0.6) is 5.88 Å². The number of hydrogen-bond donors (Lipinski definition) is 1. The van der Waals surface area contributed by atoms with Crippen molar-refractivity contribution in [2.24, 2.45) is 0 Å². The second-order valence-electron chi connectivity index (χ2n) is 3.29. The highest BCUT2D eigenvalue weighted by molar-refractivity contribution is 5.82. The number of rotatable bonds is 2. The summed E-state index contributed by atoms with van der Waals surface area (Å²) < 4.78 is 9.66. The Bertz CT molecular complexity index is 392. The Morgan fingerprint density at radius 1 is 1.53 bits per heavy atom.